The van der Waals surface area contributed by atoms with Crippen molar-refractivity contribution in [1.29, 1.82) is 0 Å². The number of carbonyl (C=O) groups is 6. The molecule has 1 N–H and O–H groups in total. The summed E-state index contributed by atoms with van der Waals surface area (Å²) in [5, 5.41) is 13.4. The van der Waals surface area contributed by atoms with Crippen LogP contribution in [0.15, 0.2) is 60.7 Å². The lowest BCUT2D eigenvalue weighted by Crippen LogP contribution is -2.75. The van der Waals surface area contributed by atoms with E-state index in [0.717, 1.165) is 0 Å². The summed E-state index contributed by atoms with van der Waals surface area (Å²) >= 11 is 0. The monoisotopic (exact) mass is 758 g/mol. The second-order valence-electron chi connectivity index (χ2n) is 17.3. The number of benzene rings is 2. The van der Waals surface area contributed by atoms with Gasteiger partial charge in [0.1, 0.15) is 28.7 Å². The van der Waals surface area contributed by atoms with E-state index in [4.69, 9.17) is 23.7 Å². The molecule has 7 rings (SSSR count). The lowest BCUT2D eigenvalue weighted by molar-refractivity contribution is -0.263. The van der Waals surface area contributed by atoms with Crippen molar-refractivity contribution in [2.45, 2.75) is 109 Å². The maximum Gasteiger partial charge on any atom is 0.338 e. The van der Waals surface area contributed by atoms with Gasteiger partial charge < -0.3 is 33.6 Å². The SMILES string of the molecule is CCC(=O)O[C@H]1[C@@]2(O)C[C@H](C)[C@H](CC(C)=O)[C@@H]2[C@H](OC(=O)c2ccccc2)[C@@]23CO[C@]1(C)[C@@H]2[C@@]1(C)[C@@H](CC(=O)OC1(C)C)[C@H](OC(=O)c1ccccc1)C3=O. The van der Waals surface area contributed by atoms with Crippen LogP contribution in [-0.2, 0) is 42.9 Å². The highest BCUT2D eigenvalue weighted by Gasteiger charge is 2.86. The molecule has 0 aromatic heterocycles. The first-order valence-electron chi connectivity index (χ1n) is 19.2. The zero-order valence-corrected chi connectivity index (χ0v) is 32.4. The van der Waals surface area contributed by atoms with Crippen molar-refractivity contribution in [2.75, 3.05) is 6.61 Å². The number of fused-ring (bicyclic) bond motifs is 2. The van der Waals surface area contributed by atoms with Crippen LogP contribution in [0, 0.1) is 40.4 Å². The van der Waals surface area contributed by atoms with Crippen molar-refractivity contribution in [1.82, 2.24) is 0 Å². The Labute approximate surface area is 320 Å². The van der Waals surface area contributed by atoms with E-state index in [2.05, 4.69) is 0 Å². The summed E-state index contributed by atoms with van der Waals surface area (Å²) in [7, 11) is 0. The van der Waals surface area contributed by atoms with E-state index in [1.165, 1.54) is 6.92 Å². The molecule has 2 aromatic carbocycles. The van der Waals surface area contributed by atoms with Gasteiger partial charge in [-0.3, -0.25) is 14.4 Å². The van der Waals surface area contributed by atoms with E-state index in [0.29, 0.717) is 0 Å². The Morgan fingerprint density at radius 3 is 2.02 bits per heavy atom. The number of rotatable bonds is 8. The molecule has 3 saturated carbocycles. The maximum atomic E-state index is 16.0. The topological polar surface area (TPSA) is 169 Å². The predicted octanol–water partition coefficient (Wildman–Crippen LogP) is 5.08. The van der Waals surface area contributed by atoms with Crippen LogP contribution in [0.2, 0.25) is 0 Å². The summed E-state index contributed by atoms with van der Waals surface area (Å²) in [4.78, 5) is 84.2. The molecule has 5 fully saturated rings. The third-order valence-corrected chi connectivity index (χ3v) is 14.0. The summed E-state index contributed by atoms with van der Waals surface area (Å²) in [6.45, 7) is 11.6. The Kier molecular flexibility index (Phi) is 9.44. The number of cyclic esters (lactones) is 1. The molecular formula is C43H50O12. The molecule has 2 saturated heterocycles. The van der Waals surface area contributed by atoms with Crippen LogP contribution >= 0.6 is 0 Å². The second kappa shape index (κ2) is 13.4. The minimum atomic E-state index is -1.98. The highest BCUT2D eigenvalue weighted by Crippen LogP contribution is 2.74. The molecule has 12 heteroatoms. The van der Waals surface area contributed by atoms with Crippen LogP contribution in [-0.4, -0.2) is 82.3 Å². The average molecular weight is 759 g/mol. The molecule has 12 nitrogen and oxygen atoms in total. The lowest BCUT2D eigenvalue weighted by atomic mass is 9.41. The van der Waals surface area contributed by atoms with Crippen LogP contribution < -0.4 is 0 Å². The van der Waals surface area contributed by atoms with E-state index in [-0.39, 0.29) is 55.1 Å². The van der Waals surface area contributed by atoms with Gasteiger partial charge in [0, 0.05) is 36.0 Å². The van der Waals surface area contributed by atoms with Gasteiger partial charge in [0.25, 0.3) is 0 Å². The van der Waals surface area contributed by atoms with Gasteiger partial charge in [0.05, 0.1) is 29.6 Å². The number of Topliss-reactive ketones (excluding diaryl/α,β-unsaturated/α-hetero) is 2. The Hall–Kier alpha value is -4.42. The number of hydrogen-bond donors (Lipinski definition) is 1. The van der Waals surface area contributed by atoms with Crippen molar-refractivity contribution in [3.05, 3.63) is 71.8 Å². The quantitative estimate of drug-likeness (QED) is 0.281. The zero-order chi connectivity index (χ0) is 39.9. The summed E-state index contributed by atoms with van der Waals surface area (Å²) in [6.07, 6.45) is -4.81. The highest BCUT2D eigenvalue weighted by molar-refractivity contribution is 5.98. The smallest absolute Gasteiger partial charge is 0.338 e. The number of aliphatic hydroxyl groups is 1. The van der Waals surface area contributed by atoms with Crippen LogP contribution in [0.4, 0.5) is 0 Å². The van der Waals surface area contributed by atoms with E-state index >= 15 is 4.79 Å². The van der Waals surface area contributed by atoms with Crippen LogP contribution in [0.1, 0.15) is 94.9 Å². The molecule has 0 radical (unpaired) electrons. The molecule has 3 aliphatic carbocycles. The number of ketones is 2. The first-order chi connectivity index (χ1) is 25.9. The van der Waals surface area contributed by atoms with Crippen LogP contribution in [0.25, 0.3) is 0 Å². The maximum absolute atomic E-state index is 16.0. The summed E-state index contributed by atoms with van der Waals surface area (Å²) in [5.41, 5.74) is -7.85. The lowest BCUT2D eigenvalue weighted by Gasteiger charge is -2.64. The zero-order valence-electron chi connectivity index (χ0n) is 32.4. The fraction of sp³-hybridized carbons (Fsp3) is 0.581. The van der Waals surface area contributed by atoms with E-state index in [9.17, 15) is 29.1 Å². The number of esters is 4. The Bertz CT molecular complexity index is 1910. The van der Waals surface area contributed by atoms with Crippen LogP contribution in [0.5, 0.6) is 0 Å². The van der Waals surface area contributed by atoms with Crippen molar-refractivity contribution >= 4 is 35.4 Å². The van der Waals surface area contributed by atoms with Crippen molar-refractivity contribution in [3.8, 4) is 0 Å². The molecule has 294 valence electrons. The molecule has 2 aromatic rings. The molecular weight excluding hydrogens is 708 g/mol. The van der Waals surface area contributed by atoms with Crippen molar-refractivity contribution < 1.29 is 57.6 Å². The first kappa shape index (κ1) is 38.8. The predicted molar refractivity (Wildman–Crippen MR) is 194 cm³/mol. The summed E-state index contributed by atoms with van der Waals surface area (Å²) in [6, 6.07) is 16.4. The van der Waals surface area contributed by atoms with Gasteiger partial charge in [0.15, 0.2) is 18.0 Å². The second-order valence-corrected chi connectivity index (χ2v) is 17.3. The minimum absolute atomic E-state index is 0.0239. The number of carbonyl (C=O) groups excluding carboxylic acids is 6. The summed E-state index contributed by atoms with van der Waals surface area (Å²) < 4.78 is 32.1. The fourth-order valence-electron chi connectivity index (χ4n) is 11.7. The third kappa shape index (κ3) is 5.60. The highest BCUT2D eigenvalue weighted by atomic mass is 16.6. The van der Waals surface area contributed by atoms with Gasteiger partial charge in [-0.2, -0.15) is 0 Å². The third-order valence-electron chi connectivity index (χ3n) is 14.0. The largest absolute Gasteiger partial charge is 0.459 e. The molecule has 2 aliphatic heterocycles. The number of ether oxygens (including phenoxy) is 5. The average Bonchev–Trinajstić information content (AvgIpc) is 3.58. The normalized spacial score (nSPS) is 39.7. The molecule has 0 unspecified atom stereocenters. The molecule has 0 amide bonds. The first-order valence-corrected chi connectivity index (χ1v) is 19.2. The van der Waals surface area contributed by atoms with E-state index in [1.54, 1.807) is 88.4 Å². The van der Waals surface area contributed by atoms with Crippen molar-refractivity contribution in [3.63, 3.8) is 0 Å². The summed E-state index contributed by atoms with van der Waals surface area (Å²) in [5.74, 6) is -7.81. The Morgan fingerprint density at radius 2 is 1.45 bits per heavy atom. The molecule has 2 heterocycles. The standard InChI is InChI=1S/C43H50O12/c1-8-29(45)52-38-41(7)37-40(6)28(20-30(46)55-39(40,4)5)32(53-35(48)25-15-11-9-12-16-25)33(47)42(37,22-51-41)34(54-36(49)26-17-13-10-14-18-26)31-27(19-24(3)44)23(2)21-43(31,38)50/h9-18,23,27-28,31-32,34,37-38,50H,8,19-22H2,1-7H3/t23-,27-,28-,31+,32-,34-,37-,38+,40+,41+,42-,43+/m0/s1. The molecule has 12 atom stereocenters. The van der Waals surface area contributed by atoms with Gasteiger partial charge in [-0.05, 0) is 70.2 Å². The van der Waals surface area contributed by atoms with Gasteiger partial charge in [0.2, 0.25) is 0 Å². The van der Waals surface area contributed by atoms with Gasteiger partial charge >= 0.3 is 23.9 Å². The van der Waals surface area contributed by atoms with Gasteiger partial charge in [-0.1, -0.05) is 57.2 Å². The molecule has 5 aliphatic rings. The molecule has 0 spiro atoms. The van der Waals surface area contributed by atoms with Crippen molar-refractivity contribution in [2.24, 2.45) is 40.4 Å². The van der Waals surface area contributed by atoms with Gasteiger partial charge in [-0.25, -0.2) is 9.59 Å². The van der Waals surface area contributed by atoms with E-state index < -0.39 is 99.3 Å². The Balaban J connectivity index is 1.54. The fourth-order valence-corrected chi connectivity index (χ4v) is 11.7. The number of hydrogen-bond acceptors (Lipinski definition) is 12. The van der Waals surface area contributed by atoms with Gasteiger partial charge in [-0.15, -0.1) is 0 Å². The Morgan fingerprint density at radius 1 is 0.873 bits per heavy atom. The molecule has 2 bridgehead atoms. The van der Waals surface area contributed by atoms with E-state index in [1.807, 2.05) is 13.8 Å². The minimum Gasteiger partial charge on any atom is -0.459 e. The van der Waals surface area contributed by atoms with Crippen LogP contribution in [0.3, 0.4) is 0 Å². The molecule has 55 heavy (non-hydrogen) atoms.